The minimum absolute atomic E-state index is 0. The monoisotopic (exact) mass is 400 g/mol. The minimum atomic E-state index is -0.707. The fourth-order valence-electron chi connectivity index (χ4n) is 8.71. The average molecular weight is 401 g/mol. The van der Waals surface area contributed by atoms with E-state index in [9.17, 15) is 15.0 Å². The molecule has 5 heteroatoms. The summed E-state index contributed by atoms with van der Waals surface area (Å²) in [4.78, 5) is 11.1. The van der Waals surface area contributed by atoms with Crippen LogP contribution < -0.4 is 18.9 Å². The Morgan fingerprint density at radius 3 is 2.48 bits per heavy atom. The number of aliphatic hydroxyl groups is 2. The largest absolute Gasteiger partial charge is 1.00 e. The fraction of sp³-hybridized carbons (Fsp3) is 0.958. The Bertz CT molecular complexity index is 618. The molecule has 0 aromatic carbocycles. The van der Waals surface area contributed by atoms with Gasteiger partial charge >= 0.3 is 24.8 Å². The molecule has 4 fully saturated rings. The molecule has 4 rings (SSSR count). The van der Waals surface area contributed by atoms with Gasteiger partial charge in [0.25, 0.3) is 0 Å². The Hall–Kier alpha value is -0.0126. The van der Waals surface area contributed by atoms with Crippen molar-refractivity contribution in [1.29, 1.82) is 0 Å². The van der Waals surface area contributed by atoms with E-state index in [2.05, 4.69) is 20.8 Å². The van der Waals surface area contributed by atoms with Crippen molar-refractivity contribution in [2.45, 2.75) is 97.2 Å². The zero-order valence-electron chi connectivity index (χ0n) is 19.9. The molecule has 4 aliphatic rings. The first-order valence-corrected chi connectivity index (χ1v) is 11.8. The van der Waals surface area contributed by atoms with Gasteiger partial charge in [0.1, 0.15) is 0 Å². The Balaban J connectivity index is 0.00000160. The van der Waals surface area contributed by atoms with E-state index in [1.807, 2.05) is 0 Å². The van der Waals surface area contributed by atoms with Crippen molar-refractivity contribution >= 4 is 5.97 Å². The molecule has 0 saturated heterocycles. The van der Waals surface area contributed by atoms with Crippen LogP contribution in [-0.2, 0) is 4.79 Å². The standard InChI is InChI=1S/C24H40O4.Li.H/c1-14(4-9-22(27)28)18-7-8-19-17-6-5-15-12-16(25)10-11-23(15,2)20(17)13-21(26)24(18,19)3;;/h14-21,25-26H,4-13H2,1-3H3,(H,27,28);;/q;+1;-1/t14-,15-,16-,17+,18-,19+,20+,21+,23+,24-;;/m1../s1. The third kappa shape index (κ3) is 3.75. The van der Waals surface area contributed by atoms with Crippen LogP contribution in [0.5, 0.6) is 0 Å². The normalized spacial score (nSPS) is 49.9. The Morgan fingerprint density at radius 1 is 1.07 bits per heavy atom. The topological polar surface area (TPSA) is 77.8 Å². The van der Waals surface area contributed by atoms with Crippen LogP contribution >= 0.6 is 0 Å². The molecule has 0 heterocycles. The molecule has 0 spiro atoms. The van der Waals surface area contributed by atoms with Crippen LogP contribution in [0.25, 0.3) is 0 Å². The summed E-state index contributed by atoms with van der Waals surface area (Å²) >= 11 is 0. The van der Waals surface area contributed by atoms with Crippen molar-refractivity contribution in [3.05, 3.63) is 0 Å². The Labute approximate surface area is 189 Å². The van der Waals surface area contributed by atoms with Crippen LogP contribution in [-0.4, -0.2) is 33.5 Å². The van der Waals surface area contributed by atoms with Crippen LogP contribution in [0.2, 0.25) is 0 Å². The number of rotatable bonds is 4. The van der Waals surface area contributed by atoms with Crippen LogP contribution in [0.3, 0.4) is 0 Å². The van der Waals surface area contributed by atoms with Gasteiger partial charge in [-0.05, 0) is 104 Å². The third-order valence-electron chi connectivity index (χ3n) is 10.3. The van der Waals surface area contributed by atoms with Crippen molar-refractivity contribution in [2.24, 2.45) is 46.3 Å². The molecule has 0 aromatic heterocycles. The zero-order valence-corrected chi connectivity index (χ0v) is 18.9. The number of hydrogen-bond donors (Lipinski definition) is 3. The Kier molecular flexibility index (Phi) is 6.93. The van der Waals surface area contributed by atoms with Gasteiger partial charge in [-0.1, -0.05) is 20.8 Å². The predicted molar refractivity (Wildman–Crippen MR) is 110 cm³/mol. The van der Waals surface area contributed by atoms with E-state index in [1.165, 1.54) is 19.3 Å². The molecular formula is C24H41LiO4. The van der Waals surface area contributed by atoms with Gasteiger partial charge in [0.05, 0.1) is 12.2 Å². The van der Waals surface area contributed by atoms with E-state index in [0.717, 1.165) is 38.5 Å². The molecule has 0 aromatic rings. The van der Waals surface area contributed by atoms with Crippen LogP contribution in [0.1, 0.15) is 86.4 Å². The van der Waals surface area contributed by atoms with Gasteiger partial charge in [-0.3, -0.25) is 4.79 Å². The molecule has 29 heavy (non-hydrogen) atoms. The molecule has 0 amide bonds. The summed E-state index contributed by atoms with van der Waals surface area (Å²) in [5.74, 6) is 2.55. The van der Waals surface area contributed by atoms with Crippen molar-refractivity contribution < 1.29 is 40.4 Å². The molecule has 4 aliphatic carbocycles. The van der Waals surface area contributed by atoms with E-state index in [1.54, 1.807) is 0 Å². The summed E-state index contributed by atoms with van der Waals surface area (Å²) in [6, 6.07) is 0. The van der Waals surface area contributed by atoms with Crippen molar-refractivity contribution in [1.82, 2.24) is 0 Å². The summed E-state index contributed by atoms with van der Waals surface area (Å²) in [5.41, 5.74) is 0.216. The summed E-state index contributed by atoms with van der Waals surface area (Å²) in [7, 11) is 0. The average Bonchev–Trinajstić information content (AvgIpc) is 3.00. The second kappa shape index (κ2) is 8.49. The second-order valence-electron chi connectivity index (χ2n) is 11.3. The van der Waals surface area contributed by atoms with E-state index in [4.69, 9.17) is 5.11 Å². The van der Waals surface area contributed by atoms with Crippen molar-refractivity contribution in [3.63, 3.8) is 0 Å². The maximum absolute atomic E-state index is 11.5. The maximum atomic E-state index is 11.5. The molecule has 0 unspecified atom stereocenters. The van der Waals surface area contributed by atoms with Gasteiger partial charge in [-0.2, -0.15) is 0 Å². The minimum Gasteiger partial charge on any atom is -1.00 e. The first-order chi connectivity index (χ1) is 13.2. The van der Waals surface area contributed by atoms with Crippen molar-refractivity contribution in [2.75, 3.05) is 0 Å². The number of carboxylic acid groups (broad SMARTS) is 1. The van der Waals surface area contributed by atoms with Crippen LogP contribution in [0, 0.1) is 46.3 Å². The molecule has 0 bridgehead atoms. The smallest absolute Gasteiger partial charge is 1.00 e. The molecule has 3 N–H and O–H groups in total. The number of carbonyl (C=O) groups is 1. The van der Waals surface area contributed by atoms with Crippen molar-refractivity contribution in [3.8, 4) is 0 Å². The first kappa shape index (κ1) is 23.6. The summed E-state index contributed by atoms with van der Waals surface area (Å²) < 4.78 is 0. The quantitative estimate of drug-likeness (QED) is 0.627. The SMILES string of the molecule is C[C@H](CCC(=O)O)[C@H]1CC[C@H]2[C@@H]3CC[C@@H]4C[C@H](O)CC[C@]4(C)[C@H]3C[C@H](O)[C@]12C.[H-].[Li+]. The van der Waals surface area contributed by atoms with Gasteiger partial charge in [0.2, 0.25) is 0 Å². The van der Waals surface area contributed by atoms with Gasteiger partial charge in [-0.25, -0.2) is 0 Å². The third-order valence-corrected chi connectivity index (χ3v) is 10.3. The number of hydrogen-bond acceptors (Lipinski definition) is 3. The summed E-state index contributed by atoms with van der Waals surface area (Å²) in [6.07, 6.45) is 9.26. The molecule has 162 valence electrons. The number of carboxylic acids is 1. The van der Waals surface area contributed by atoms with Crippen LogP contribution in [0.15, 0.2) is 0 Å². The zero-order chi connectivity index (χ0) is 20.3. The fourth-order valence-corrected chi connectivity index (χ4v) is 8.71. The molecule has 0 radical (unpaired) electrons. The number of aliphatic hydroxyl groups excluding tert-OH is 2. The van der Waals surface area contributed by atoms with E-state index in [0.29, 0.717) is 35.5 Å². The number of aliphatic carboxylic acids is 1. The first-order valence-electron chi connectivity index (χ1n) is 11.8. The van der Waals surface area contributed by atoms with E-state index < -0.39 is 5.97 Å². The molecular weight excluding hydrogens is 359 g/mol. The molecule has 10 atom stereocenters. The molecule has 4 saturated carbocycles. The predicted octanol–water partition coefficient (Wildman–Crippen LogP) is 1.59. The number of fused-ring (bicyclic) bond motifs is 5. The van der Waals surface area contributed by atoms with Gasteiger partial charge in [0, 0.05) is 6.42 Å². The molecule has 0 aliphatic heterocycles. The van der Waals surface area contributed by atoms with Gasteiger partial charge < -0.3 is 16.7 Å². The summed E-state index contributed by atoms with van der Waals surface area (Å²) in [5, 5.41) is 30.8. The maximum Gasteiger partial charge on any atom is 1.00 e. The van der Waals surface area contributed by atoms with Gasteiger partial charge in [-0.15, -0.1) is 0 Å². The van der Waals surface area contributed by atoms with Crippen LogP contribution in [0.4, 0.5) is 0 Å². The second-order valence-corrected chi connectivity index (χ2v) is 11.3. The van der Waals surface area contributed by atoms with Gasteiger partial charge in [0.15, 0.2) is 0 Å². The van der Waals surface area contributed by atoms with E-state index >= 15 is 0 Å². The van der Waals surface area contributed by atoms with E-state index in [-0.39, 0.29) is 49.7 Å². The molecule has 4 nitrogen and oxygen atoms in total. The Morgan fingerprint density at radius 2 is 1.79 bits per heavy atom. The summed E-state index contributed by atoms with van der Waals surface area (Å²) in [6.45, 7) is 6.99.